The summed E-state index contributed by atoms with van der Waals surface area (Å²) >= 11 is 0. The Labute approximate surface area is 193 Å². The van der Waals surface area contributed by atoms with Gasteiger partial charge in [-0.1, -0.05) is 43.7 Å². The lowest BCUT2D eigenvalue weighted by Gasteiger charge is -2.40. The van der Waals surface area contributed by atoms with Crippen molar-refractivity contribution in [2.24, 2.45) is 0 Å². The van der Waals surface area contributed by atoms with Gasteiger partial charge < -0.3 is 24.6 Å². The third-order valence-corrected chi connectivity index (χ3v) is 6.38. The van der Waals surface area contributed by atoms with Crippen LogP contribution in [0.25, 0.3) is 0 Å². The number of carbonyl (C=O) groups is 1. The van der Waals surface area contributed by atoms with Crippen LogP contribution in [0.3, 0.4) is 0 Å². The average molecular weight is 460 g/mol. The molecule has 0 spiro atoms. The van der Waals surface area contributed by atoms with Crippen LogP contribution in [0.15, 0.2) is 48.5 Å². The minimum atomic E-state index is -3.69. The molecule has 0 aliphatic carbocycles. The zero-order valence-electron chi connectivity index (χ0n) is 19.1. The summed E-state index contributed by atoms with van der Waals surface area (Å²) in [6, 6.07) is 14.5. The fraction of sp³-hybridized carbons (Fsp3) is 0.480. The first kappa shape index (κ1) is 23.3. The van der Waals surface area contributed by atoms with Crippen molar-refractivity contribution >= 4 is 11.7 Å². The summed E-state index contributed by atoms with van der Waals surface area (Å²) in [6.07, 6.45) is 0.420. The lowest BCUT2D eigenvalue weighted by Crippen LogP contribution is -2.50. The van der Waals surface area contributed by atoms with Gasteiger partial charge in [-0.25, -0.2) is 4.79 Å². The van der Waals surface area contributed by atoms with Crippen molar-refractivity contribution in [3.63, 3.8) is 0 Å². The second-order valence-corrected chi connectivity index (χ2v) is 8.78. The van der Waals surface area contributed by atoms with Crippen molar-refractivity contribution in [2.45, 2.75) is 64.5 Å². The van der Waals surface area contributed by atoms with E-state index in [9.17, 15) is 13.6 Å². The van der Waals surface area contributed by atoms with Crippen LogP contribution in [0.2, 0.25) is 0 Å². The first-order valence-corrected chi connectivity index (χ1v) is 11.6. The van der Waals surface area contributed by atoms with E-state index < -0.39 is 6.29 Å². The van der Waals surface area contributed by atoms with E-state index in [0.717, 1.165) is 37.9 Å². The van der Waals surface area contributed by atoms with Crippen molar-refractivity contribution in [1.82, 2.24) is 9.80 Å². The average Bonchev–Trinajstić information content (AvgIpc) is 3.11. The van der Waals surface area contributed by atoms with E-state index in [1.165, 1.54) is 24.6 Å². The lowest BCUT2D eigenvalue weighted by atomic mass is 10.00. The summed E-state index contributed by atoms with van der Waals surface area (Å²) < 4.78 is 35.6. The molecule has 1 fully saturated rings. The zero-order valence-corrected chi connectivity index (χ0v) is 19.1. The molecule has 33 heavy (non-hydrogen) atoms. The molecule has 2 aliphatic rings. The summed E-state index contributed by atoms with van der Waals surface area (Å²) in [7, 11) is 0. The maximum absolute atomic E-state index is 13.3. The number of nitrogens with zero attached hydrogens (tertiary/aromatic N) is 2. The highest BCUT2D eigenvalue weighted by Crippen LogP contribution is 2.42. The second-order valence-electron chi connectivity index (χ2n) is 8.78. The second kappa shape index (κ2) is 9.95. The van der Waals surface area contributed by atoms with Crippen molar-refractivity contribution < 1.29 is 23.0 Å². The molecule has 2 aliphatic heterocycles. The topological polar surface area (TPSA) is 54.0 Å². The number of rotatable bonds is 7. The molecule has 8 heteroatoms. The number of amides is 2. The molecule has 1 unspecified atom stereocenters. The van der Waals surface area contributed by atoms with Gasteiger partial charge in [0.05, 0.1) is 0 Å². The minimum Gasteiger partial charge on any atom is -0.395 e. The number of likely N-dealkylation sites (tertiary alicyclic amines) is 1. The van der Waals surface area contributed by atoms with Gasteiger partial charge in [-0.15, -0.1) is 8.78 Å². The fourth-order valence-electron chi connectivity index (χ4n) is 4.61. The maximum atomic E-state index is 13.3. The summed E-state index contributed by atoms with van der Waals surface area (Å²) in [5, 5.41) is 2.86. The SMILES string of the molecule is CCCC(C)N1CCC(N(Cc2ccccc2)C(=O)Nc2ccc3c(c2)OC(F)(F)O3)CC1. The van der Waals surface area contributed by atoms with Crippen molar-refractivity contribution in [3.05, 3.63) is 54.1 Å². The van der Waals surface area contributed by atoms with Gasteiger partial charge in [0.2, 0.25) is 0 Å². The monoisotopic (exact) mass is 459 g/mol. The zero-order chi connectivity index (χ0) is 23.4. The molecule has 2 amide bonds. The number of urea groups is 1. The van der Waals surface area contributed by atoms with Crippen LogP contribution >= 0.6 is 0 Å². The molecule has 1 N–H and O–H groups in total. The Morgan fingerprint density at radius 2 is 1.85 bits per heavy atom. The van der Waals surface area contributed by atoms with Crippen LogP contribution in [0, 0.1) is 0 Å². The normalized spacial score (nSPS) is 18.7. The van der Waals surface area contributed by atoms with Gasteiger partial charge >= 0.3 is 12.3 Å². The van der Waals surface area contributed by atoms with Crippen LogP contribution in [0.1, 0.15) is 45.1 Å². The quantitative estimate of drug-likeness (QED) is 0.578. The number of ether oxygens (including phenoxy) is 2. The lowest BCUT2D eigenvalue weighted by molar-refractivity contribution is -0.286. The van der Waals surface area contributed by atoms with Crippen molar-refractivity contribution in [2.75, 3.05) is 18.4 Å². The number of fused-ring (bicyclic) bond motifs is 1. The largest absolute Gasteiger partial charge is 0.586 e. The summed E-state index contributed by atoms with van der Waals surface area (Å²) in [5.41, 5.74) is 1.42. The van der Waals surface area contributed by atoms with Gasteiger partial charge in [-0.2, -0.15) is 0 Å². The highest BCUT2D eigenvalue weighted by atomic mass is 19.3. The molecule has 0 bridgehead atoms. The van der Waals surface area contributed by atoms with E-state index in [0.29, 0.717) is 18.3 Å². The standard InChI is InChI=1S/C25H31F2N3O3/c1-3-7-18(2)29-14-12-21(13-15-29)30(17-19-8-5-4-6-9-19)24(31)28-20-10-11-22-23(16-20)33-25(26,27)32-22/h4-6,8-11,16,18,21H,3,7,12-15,17H2,1-2H3,(H,28,31). The number of nitrogens with one attached hydrogen (secondary N) is 1. The van der Waals surface area contributed by atoms with E-state index in [1.807, 2.05) is 35.2 Å². The fourth-order valence-corrected chi connectivity index (χ4v) is 4.61. The van der Waals surface area contributed by atoms with Crippen molar-refractivity contribution in [3.8, 4) is 11.5 Å². The van der Waals surface area contributed by atoms with E-state index >= 15 is 0 Å². The number of hydrogen-bond donors (Lipinski definition) is 1. The first-order chi connectivity index (χ1) is 15.8. The Hall–Kier alpha value is -2.87. The number of benzene rings is 2. The molecule has 0 saturated carbocycles. The molecule has 2 aromatic rings. The van der Waals surface area contributed by atoms with E-state index in [4.69, 9.17) is 0 Å². The summed E-state index contributed by atoms with van der Waals surface area (Å²) in [4.78, 5) is 17.7. The molecule has 0 aromatic heterocycles. The molecular weight excluding hydrogens is 428 g/mol. The number of anilines is 1. The van der Waals surface area contributed by atoms with Crippen LogP contribution in [-0.4, -0.2) is 47.3 Å². The van der Waals surface area contributed by atoms with Crippen LogP contribution in [0.5, 0.6) is 11.5 Å². The molecular formula is C25H31F2N3O3. The highest BCUT2D eigenvalue weighted by Gasteiger charge is 2.43. The van der Waals surface area contributed by atoms with Gasteiger partial charge in [0.15, 0.2) is 11.5 Å². The van der Waals surface area contributed by atoms with Gasteiger partial charge in [0.1, 0.15) is 0 Å². The predicted octanol–water partition coefficient (Wildman–Crippen LogP) is 5.70. The van der Waals surface area contributed by atoms with Gasteiger partial charge in [-0.3, -0.25) is 0 Å². The third kappa shape index (κ3) is 5.74. The van der Waals surface area contributed by atoms with Gasteiger partial charge in [0.25, 0.3) is 0 Å². The molecule has 1 saturated heterocycles. The van der Waals surface area contributed by atoms with E-state index in [2.05, 4.69) is 33.5 Å². The molecule has 2 heterocycles. The summed E-state index contributed by atoms with van der Waals surface area (Å²) in [5.74, 6) is -0.140. The number of halogens is 2. The van der Waals surface area contributed by atoms with Crippen LogP contribution in [0.4, 0.5) is 19.3 Å². The number of piperidine rings is 1. The number of hydrogen-bond acceptors (Lipinski definition) is 4. The number of carbonyl (C=O) groups excluding carboxylic acids is 1. The molecule has 1 atom stereocenters. The third-order valence-electron chi connectivity index (χ3n) is 6.38. The van der Waals surface area contributed by atoms with E-state index in [-0.39, 0.29) is 23.6 Å². The van der Waals surface area contributed by atoms with Crippen molar-refractivity contribution in [1.29, 1.82) is 0 Å². The first-order valence-electron chi connectivity index (χ1n) is 11.6. The maximum Gasteiger partial charge on any atom is 0.586 e. The smallest absolute Gasteiger partial charge is 0.395 e. The molecule has 6 nitrogen and oxygen atoms in total. The molecule has 4 rings (SSSR count). The van der Waals surface area contributed by atoms with E-state index in [1.54, 1.807) is 0 Å². The highest BCUT2D eigenvalue weighted by molar-refractivity contribution is 5.90. The Bertz CT molecular complexity index is 949. The van der Waals surface area contributed by atoms with Crippen LogP contribution in [-0.2, 0) is 6.54 Å². The molecule has 0 radical (unpaired) electrons. The Morgan fingerprint density at radius 3 is 2.55 bits per heavy atom. The molecule has 178 valence electrons. The minimum absolute atomic E-state index is 0.0484. The van der Waals surface area contributed by atoms with Crippen LogP contribution < -0.4 is 14.8 Å². The Morgan fingerprint density at radius 1 is 1.15 bits per heavy atom. The van der Waals surface area contributed by atoms with Gasteiger partial charge in [-0.05, 0) is 43.9 Å². The predicted molar refractivity (Wildman–Crippen MR) is 123 cm³/mol. The number of alkyl halides is 2. The summed E-state index contributed by atoms with van der Waals surface area (Å²) in [6.45, 7) is 6.84. The Kier molecular flexibility index (Phi) is 7.02. The Balaban J connectivity index is 1.46. The van der Waals surface area contributed by atoms with Gasteiger partial charge in [0, 0.05) is 43.5 Å². The molecule has 2 aromatic carbocycles.